The summed E-state index contributed by atoms with van der Waals surface area (Å²) in [6.07, 6.45) is 0.690. The van der Waals surface area contributed by atoms with Crippen molar-refractivity contribution >= 4 is 21.9 Å². The zero-order chi connectivity index (χ0) is 11.5. The summed E-state index contributed by atoms with van der Waals surface area (Å²) in [5.74, 6) is -0.234. The topological polar surface area (TPSA) is 50.4 Å². The Morgan fingerprint density at radius 1 is 1.44 bits per heavy atom. The second-order valence-corrected chi connectivity index (χ2v) is 4.53. The molecular formula is C11H13BrN2O2. The van der Waals surface area contributed by atoms with Crippen molar-refractivity contribution in [1.29, 1.82) is 0 Å². The number of methoxy groups -OCH3 is 1. The summed E-state index contributed by atoms with van der Waals surface area (Å²) in [6, 6.07) is 7.81. The molecule has 0 bridgehead atoms. The van der Waals surface area contributed by atoms with Crippen molar-refractivity contribution < 1.29 is 9.53 Å². The molecule has 2 atom stereocenters. The first kappa shape index (κ1) is 11.6. The predicted molar refractivity (Wildman–Crippen MR) is 63.6 cm³/mol. The van der Waals surface area contributed by atoms with Crippen molar-refractivity contribution in [1.82, 2.24) is 10.9 Å². The summed E-state index contributed by atoms with van der Waals surface area (Å²) in [6.45, 7) is 0. The SMILES string of the molecule is COC(=O)C1CC(c2ccccc2Br)NN1. The highest BCUT2D eigenvalue weighted by molar-refractivity contribution is 9.10. The fourth-order valence-electron chi connectivity index (χ4n) is 1.81. The van der Waals surface area contributed by atoms with Gasteiger partial charge in [-0.05, 0) is 18.1 Å². The Kier molecular flexibility index (Phi) is 3.58. The zero-order valence-electron chi connectivity index (χ0n) is 8.87. The monoisotopic (exact) mass is 284 g/mol. The molecule has 0 saturated carbocycles. The highest BCUT2D eigenvalue weighted by atomic mass is 79.9. The van der Waals surface area contributed by atoms with Gasteiger partial charge in [0.1, 0.15) is 6.04 Å². The second kappa shape index (κ2) is 4.95. The Hall–Kier alpha value is -0.910. The molecule has 1 saturated heterocycles. The average molecular weight is 285 g/mol. The van der Waals surface area contributed by atoms with Gasteiger partial charge in [-0.15, -0.1) is 0 Å². The van der Waals surface area contributed by atoms with Crippen molar-refractivity contribution in [3.8, 4) is 0 Å². The molecule has 1 aliphatic heterocycles. The molecule has 1 heterocycles. The molecule has 0 amide bonds. The zero-order valence-corrected chi connectivity index (χ0v) is 10.5. The van der Waals surface area contributed by atoms with E-state index in [-0.39, 0.29) is 18.1 Å². The van der Waals surface area contributed by atoms with Crippen molar-refractivity contribution in [2.75, 3.05) is 7.11 Å². The summed E-state index contributed by atoms with van der Waals surface area (Å²) in [5.41, 5.74) is 7.18. The Labute approximate surface area is 102 Å². The van der Waals surface area contributed by atoms with Gasteiger partial charge < -0.3 is 4.74 Å². The lowest BCUT2D eigenvalue weighted by molar-refractivity contribution is -0.142. The van der Waals surface area contributed by atoms with Crippen molar-refractivity contribution in [3.63, 3.8) is 0 Å². The summed E-state index contributed by atoms with van der Waals surface area (Å²) >= 11 is 3.50. The molecule has 5 heteroatoms. The Bertz CT molecular complexity index is 397. The lowest BCUT2D eigenvalue weighted by Crippen LogP contribution is -2.36. The molecule has 0 spiro atoms. The number of hydrogen-bond donors (Lipinski definition) is 2. The van der Waals surface area contributed by atoms with E-state index in [1.165, 1.54) is 7.11 Å². The summed E-state index contributed by atoms with van der Waals surface area (Å²) in [4.78, 5) is 11.3. The van der Waals surface area contributed by atoms with Gasteiger partial charge in [0.2, 0.25) is 0 Å². The molecule has 86 valence electrons. The van der Waals surface area contributed by atoms with E-state index in [9.17, 15) is 4.79 Å². The molecule has 1 fully saturated rings. The van der Waals surface area contributed by atoms with E-state index in [0.717, 1.165) is 10.0 Å². The molecule has 1 aromatic carbocycles. The van der Waals surface area contributed by atoms with E-state index in [1.807, 2.05) is 24.3 Å². The van der Waals surface area contributed by atoms with E-state index < -0.39 is 0 Å². The number of hydrogen-bond acceptors (Lipinski definition) is 4. The van der Waals surface area contributed by atoms with Crippen LogP contribution < -0.4 is 10.9 Å². The van der Waals surface area contributed by atoms with Crippen LogP contribution in [0.25, 0.3) is 0 Å². The summed E-state index contributed by atoms with van der Waals surface area (Å²) in [7, 11) is 1.40. The quantitative estimate of drug-likeness (QED) is 0.809. The predicted octanol–water partition coefficient (Wildman–Crippen LogP) is 1.53. The summed E-state index contributed by atoms with van der Waals surface area (Å²) in [5, 5.41) is 0. The van der Waals surface area contributed by atoms with Crippen LogP contribution in [0.1, 0.15) is 18.0 Å². The van der Waals surface area contributed by atoms with Gasteiger partial charge in [0.25, 0.3) is 0 Å². The van der Waals surface area contributed by atoms with Crippen molar-refractivity contribution in [3.05, 3.63) is 34.3 Å². The van der Waals surface area contributed by atoms with Crippen LogP contribution in [0.5, 0.6) is 0 Å². The summed E-state index contributed by atoms with van der Waals surface area (Å²) < 4.78 is 5.74. The molecule has 0 aliphatic carbocycles. The van der Waals surface area contributed by atoms with Crippen LogP contribution in [0.3, 0.4) is 0 Å². The molecule has 2 rings (SSSR count). The molecule has 0 radical (unpaired) electrons. The minimum absolute atomic E-state index is 0.125. The van der Waals surface area contributed by atoms with Gasteiger partial charge in [-0.3, -0.25) is 4.79 Å². The van der Waals surface area contributed by atoms with Gasteiger partial charge in [0, 0.05) is 10.5 Å². The molecule has 16 heavy (non-hydrogen) atoms. The molecule has 4 nitrogen and oxygen atoms in total. The number of esters is 1. The van der Waals surface area contributed by atoms with Crippen molar-refractivity contribution in [2.24, 2.45) is 0 Å². The van der Waals surface area contributed by atoms with E-state index >= 15 is 0 Å². The first-order chi connectivity index (χ1) is 7.72. The van der Waals surface area contributed by atoms with Gasteiger partial charge in [-0.1, -0.05) is 34.1 Å². The number of halogens is 1. The van der Waals surface area contributed by atoms with Gasteiger partial charge in [-0.25, -0.2) is 10.9 Å². The fourth-order valence-corrected chi connectivity index (χ4v) is 2.38. The van der Waals surface area contributed by atoms with Crippen LogP contribution in [-0.4, -0.2) is 19.1 Å². The van der Waals surface area contributed by atoms with Crippen LogP contribution in [0.4, 0.5) is 0 Å². The first-order valence-electron chi connectivity index (χ1n) is 5.05. The lowest BCUT2D eigenvalue weighted by atomic mass is 10.0. The van der Waals surface area contributed by atoms with E-state index in [0.29, 0.717) is 6.42 Å². The third kappa shape index (κ3) is 2.26. The minimum Gasteiger partial charge on any atom is -0.468 e. The number of rotatable bonds is 2. The van der Waals surface area contributed by atoms with Gasteiger partial charge in [0.15, 0.2) is 0 Å². The third-order valence-electron chi connectivity index (χ3n) is 2.67. The van der Waals surface area contributed by atoms with Crippen LogP contribution in [0.15, 0.2) is 28.7 Å². The number of hydrazine groups is 1. The van der Waals surface area contributed by atoms with Crippen LogP contribution in [0, 0.1) is 0 Å². The molecule has 1 aromatic rings. The second-order valence-electron chi connectivity index (χ2n) is 3.67. The van der Waals surface area contributed by atoms with Gasteiger partial charge in [0.05, 0.1) is 7.11 Å². The number of carbonyl (C=O) groups excluding carboxylic acids is 1. The van der Waals surface area contributed by atoms with E-state index in [2.05, 4.69) is 26.8 Å². The smallest absolute Gasteiger partial charge is 0.324 e. The van der Waals surface area contributed by atoms with Gasteiger partial charge >= 0.3 is 5.97 Å². The first-order valence-corrected chi connectivity index (χ1v) is 5.85. The Morgan fingerprint density at radius 2 is 2.19 bits per heavy atom. The van der Waals surface area contributed by atoms with E-state index in [4.69, 9.17) is 4.74 Å². The highest BCUT2D eigenvalue weighted by Crippen LogP contribution is 2.28. The average Bonchev–Trinajstić information content (AvgIpc) is 2.78. The number of ether oxygens (including phenoxy) is 1. The third-order valence-corrected chi connectivity index (χ3v) is 3.39. The van der Waals surface area contributed by atoms with E-state index in [1.54, 1.807) is 0 Å². The molecule has 2 N–H and O–H groups in total. The minimum atomic E-state index is -0.276. The maximum atomic E-state index is 11.3. The van der Waals surface area contributed by atoms with Gasteiger partial charge in [-0.2, -0.15) is 0 Å². The molecule has 2 unspecified atom stereocenters. The highest BCUT2D eigenvalue weighted by Gasteiger charge is 2.31. The molecule has 0 aromatic heterocycles. The maximum absolute atomic E-state index is 11.3. The largest absolute Gasteiger partial charge is 0.468 e. The maximum Gasteiger partial charge on any atom is 0.324 e. The fraction of sp³-hybridized carbons (Fsp3) is 0.364. The Balaban J connectivity index is 2.09. The normalized spacial score (nSPS) is 24.4. The van der Waals surface area contributed by atoms with Crippen LogP contribution in [-0.2, 0) is 9.53 Å². The number of benzene rings is 1. The Morgan fingerprint density at radius 3 is 2.88 bits per heavy atom. The molecular weight excluding hydrogens is 272 g/mol. The number of nitrogens with one attached hydrogen (secondary N) is 2. The van der Waals surface area contributed by atoms with Crippen molar-refractivity contribution in [2.45, 2.75) is 18.5 Å². The molecule has 1 aliphatic rings. The lowest BCUT2D eigenvalue weighted by Gasteiger charge is -2.11. The standard InChI is InChI=1S/C11H13BrN2O2/c1-16-11(15)10-6-9(13-14-10)7-4-2-3-5-8(7)12/h2-5,9-10,13-14H,6H2,1H3. The van der Waals surface area contributed by atoms with Crippen LogP contribution in [0.2, 0.25) is 0 Å². The van der Waals surface area contributed by atoms with Crippen LogP contribution >= 0.6 is 15.9 Å². The number of carbonyl (C=O) groups is 1.